The van der Waals surface area contributed by atoms with Crippen molar-refractivity contribution in [3.63, 3.8) is 0 Å². The minimum Gasteiger partial charge on any atom is -0.491 e. The zero-order valence-corrected chi connectivity index (χ0v) is 15.6. The van der Waals surface area contributed by atoms with E-state index >= 15 is 0 Å². The van der Waals surface area contributed by atoms with Crippen molar-refractivity contribution in [3.05, 3.63) is 72.2 Å². The molecule has 0 atom stereocenters. The van der Waals surface area contributed by atoms with Gasteiger partial charge in [-0.3, -0.25) is 4.79 Å². The lowest BCUT2D eigenvalue weighted by molar-refractivity contribution is -0.158. The van der Waals surface area contributed by atoms with Crippen LogP contribution in [0, 0.1) is 0 Å². The van der Waals surface area contributed by atoms with Gasteiger partial charge in [-0.15, -0.1) is 0 Å². The molecule has 0 radical (unpaired) electrons. The zero-order chi connectivity index (χ0) is 27.3. The molecule has 0 spiro atoms. The molecular formula is C22H19F2N3O3. The van der Waals surface area contributed by atoms with Crippen LogP contribution in [-0.2, 0) is 6.54 Å². The van der Waals surface area contributed by atoms with Crippen molar-refractivity contribution in [2.24, 2.45) is 0 Å². The minimum absolute atomic E-state index is 0.0841. The van der Waals surface area contributed by atoms with Crippen LogP contribution in [0.5, 0.6) is 11.5 Å². The molecule has 2 aromatic carbocycles. The standard InChI is InChI=1S/C22H19F2N3O3/c1-22(23,24)30-17-6-3-15(4-7-17)16-5-8-19-18(13-16)21(28)27(11-12-29-19)14-20-25-9-2-10-26-20/h2-10,13H,11-12,14H2,1H3/i2D,9D,10D,11D2,12D2. The number of nitrogens with zero attached hydrogens (tertiary/aromatic N) is 3. The number of hydrogen-bond donors (Lipinski definition) is 0. The molecule has 0 saturated heterocycles. The van der Waals surface area contributed by atoms with Gasteiger partial charge in [-0.25, -0.2) is 9.97 Å². The average molecular weight is 418 g/mol. The number of carbonyl (C=O) groups is 1. The summed E-state index contributed by atoms with van der Waals surface area (Å²) < 4.78 is 92.0. The second-order valence-electron chi connectivity index (χ2n) is 6.34. The van der Waals surface area contributed by atoms with Crippen LogP contribution in [0.15, 0.2) is 60.9 Å². The highest BCUT2D eigenvalue weighted by atomic mass is 19.3. The molecule has 1 aliphatic heterocycles. The van der Waals surface area contributed by atoms with Crippen LogP contribution in [0.4, 0.5) is 8.78 Å². The smallest absolute Gasteiger partial charge is 0.394 e. The van der Waals surface area contributed by atoms with Gasteiger partial charge in [0.05, 0.1) is 28.2 Å². The Labute approximate surface area is 181 Å². The largest absolute Gasteiger partial charge is 0.491 e. The van der Waals surface area contributed by atoms with Crippen molar-refractivity contribution < 1.29 is 32.6 Å². The lowest BCUT2D eigenvalue weighted by Gasteiger charge is -2.19. The summed E-state index contributed by atoms with van der Waals surface area (Å²) in [6, 6.07) is 9.14. The Morgan fingerprint density at radius 3 is 2.60 bits per heavy atom. The Hall–Kier alpha value is -3.55. The molecular weight excluding hydrogens is 392 g/mol. The van der Waals surface area contributed by atoms with Gasteiger partial charge in [0, 0.05) is 19.3 Å². The van der Waals surface area contributed by atoms with Crippen LogP contribution in [0.25, 0.3) is 11.1 Å². The van der Waals surface area contributed by atoms with E-state index in [0.29, 0.717) is 23.0 Å². The molecule has 8 heteroatoms. The number of amides is 1. The molecule has 30 heavy (non-hydrogen) atoms. The maximum atomic E-state index is 13.5. The van der Waals surface area contributed by atoms with E-state index < -0.39 is 50.0 Å². The molecule has 1 amide bonds. The van der Waals surface area contributed by atoms with Gasteiger partial charge in [-0.2, -0.15) is 8.78 Å². The summed E-state index contributed by atoms with van der Waals surface area (Å²) in [7, 11) is 0. The second kappa shape index (κ2) is 8.06. The second-order valence-corrected chi connectivity index (χ2v) is 6.34. The summed E-state index contributed by atoms with van der Waals surface area (Å²) in [5, 5.41) is 0. The monoisotopic (exact) mass is 418 g/mol. The predicted octanol–water partition coefficient (Wildman–Crippen LogP) is 4.17. The maximum absolute atomic E-state index is 13.5. The third-order valence-electron chi connectivity index (χ3n) is 4.06. The lowest BCUT2D eigenvalue weighted by Crippen LogP contribution is -2.32. The summed E-state index contributed by atoms with van der Waals surface area (Å²) in [6.45, 7) is -6.18. The van der Waals surface area contributed by atoms with E-state index in [2.05, 4.69) is 14.7 Å². The van der Waals surface area contributed by atoms with Gasteiger partial charge in [0.1, 0.15) is 23.9 Å². The van der Waals surface area contributed by atoms with Gasteiger partial charge in [-0.1, -0.05) is 18.2 Å². The van der Waals surface area contributed by atoms with E-state index in [0.717, 1.165) is 0 Å². The van der Waals surface area contributed by atoms with E-state index in [9.17, 15) is 13.6 Å². The molecule has 1 aromatic heterocycles. The Morgan fingerprint density at radius 2 is 1.90 bits per heavy atom. The number of fused-ring (bicyclic) bond motifs is 1. The van der Waals surface area contributed by atoms with E-state index in [1.165, 1.54) is 42.5 Å². The molecule has 4 rings (SSSR count). The molecule has 0 bridgehead atoms. The quantitative estimate of drug-likeness (QED) is 0.622. The zero-order valence-electron chi connectivity index (χ0n) is 22.6. The summed E-state index contributed by atoms with van der Waals surface area (Å²) in [5.41, 5.74) is 0.721. The topological polar surface area (TPSA) is 64.6 Å². The molecule has 154 valence electrons. The van der Waals surface area contributed by atoms with E-state index in [4.69, 9.17) is 14.3 Å². The predicted molar refractivity (Wildman–Crippen MR) is 105 cm³/mol. The highest BCUT2D eigenvalue weighted by molar-refractivity contribution is 5.98. The molecule has 0 aliphatic carbocycles. The Kier molecular flexibility index (Phi) is 3.46. The molecule has 0 saturated carbocycles. The van der Waals surface area contributed by atoms with E-state index in [1.54, 1.807) is 0 Å². The highest BCUT2D eigenvalue weighted by Gasteiger charge is 2.25. The molecule has 3 aromatic rings. The molecule has 0 N–H and O–H groups in total. The molecule has 2 heterocycles. The van der Waals surface area contributed by atoms with Crippen molar-refractivity contribution in [3.8, 4) is 22.6 Å². The van der Waals surface area contributed by atoms with Crippen LogP contribution in [-0.4, -0.2) is 39.9 Å². The fourth-order valence-electron chi connectivity index (χ4n) is 2.78. The first-order valence-corrected chi connectivity index (χ1v) is 8.72. The number of aromatic nitrogens is 2. The molecule has 0 unspecified atom stereocenters. The minimum atomic E-state index is -3.37. The Balaban J connectivity index is 1.75. The SMILES string of the molecule is [2H]c1nc(CN2C(=O)c3cc(-c4ccc(OC(C)(F)F)cc4)ccc3OC([2H])([2H])C2([2H])[2H])nc([2H])c1[2H]. The Bertz CT molecular complexity index is 1350. The first-order valence-electron chi connectivity index (χ1n) is 12.2. The van der Waals surface area contributed by atoms with Crippen LogP contribution in [0.1, 0.15) is 32.7 Å². The molecule has 6 nitrogen and oxygen atoms in total. The number of ether oxygens (including phenoxy) is 2. The fraction of sp³-hybridized carbons (Fsp3) is 0.227. The average Bonchev–Trinajstić information content (AvgIpc) is 2.84. The summed E-state index contributed by atoms with van der Waals surface area (Å²) in [6.07, 6.45) is -4.58. The van der Waals surface area contributed by atoms with E-state index in [-0.39, 0.29) is 22.9 Å². The van der Waals surface area contributed by atoms with Crippen molar-refractivity contribution in [1.29, 1.82) is 0 Å². The van der Waals surface area contributed by atoms with Crippen molar-refractivity contribution in [2.45, 2.75) is 19.6 Å². The van der Waals surface area contributed by atoms with Crippen LogP contribution >= 0.6 is 0 Å². The first-order chi connectivity index (χ1) is 17.1. The van der Waals surface area contributed by atoms with Gasteiger partial charge >= 0.3 is 6.11 Å². The van der Waals surface area contributed by atoms with Crippen molar-refractivity contribution >= 4 is 5.91 Å². The number of benzene rings is 2. The third-order valence-corrected chi connectivity index (χ3v) is 4.06. The highest BCUT2D eigenvalue weighted by Crippen LogP contribution is 2.31. The number of rotatable bonds is 5. The normalized spacial score (nSPS) is 20.7. The van der Waals surface area contributed by atoms with Gasteiger partial charge in [-0.05, 0) is 41.4 Å². The van der Waals surface area contributed by atoms with Crippen LogP contribution in [0.3, 0.4) is 0 Å². The van der Waals surface area contributed by atoms with Crippen molar-refractivity contribution in [2.75, 3.05) is 13.1 Å². The van der Waals surface area contributed by atoms with Gasteiger partial charge < -0.3 is 14.4 Å². The van der Waals surface area contributed by atoms with Crippen molar-refractivity contribution in [1.82, 2.24) is 14.9 Å². The number of halogens is 2. The van der Waals surface area contributed by atoms with Crippen LogP contribution in [0.2, 0.25) is 0 Å². The lowest BCUT2D eigenvalue weighted by atomic mass is 10.0. The van der Waals surface area contributed by atoms with Crippen LogP contribution < -0.4 is 9.47 Å². The van der Waals surface area contributed by atoms with Gasteiger partial charge in [0.15, 0.2) is 0 Å². The van der Waals surface area contributed by atoms with Gasteiger partial charge in [0.2, 0.25) is 0 Å². The summed E-state index contributed by atoms with van der Waals surface area (Å²) >= 11 is 0. The number of hydrogen-bond acceptors (Lipinski definition) is 5. The maximum Gasteiger partial charge on any atom is 0.394 e. The molecule has 0 fully saturated rings. The number of alkyl halides is 2. The summed E-state index contributed by atoms with van der Waals surface area (Å²) in [4.78, 5) is 21.5. The fourth-order valence-corrected chi connectivity index (χ4v) is 2.78. The Morgan fingerprint density at radius 1 is 1.20 bits per heavy atom. The summed E-state index contributed by atoms with van der Waals surface area (Å²) in [5.74, 6) is -1.63. The first kappa shape index (κ1) is 12.9. The molecule has 1 aliphatic rings. The number of carbonyl (C=O) groups excluding carboxylic acids is 1. The van der Waals surface area contributed by atoms with Gasteiger partial charge in [0.25, 0.3) is 5.91 Å². The third kappa shape index (κ3) is 4.53. The van der Waals surface area contributed by atoms with E-state index in [1.807, 2.05) is 0 Å².